The number of methoxy groups -OCH3 is 1. The molecule has 4 nitrogen and oxygen atoms in total. The first-order valence-electron chi connectivity index (χ1n) is 3.68. The topological polar surface area (TPSA) is 55.6 Å². The largest absolute Gasteiger partial charge is 0.468 e. The molecule has 0 radical (unpaired) electrons. The minimum Gasteiger partial charge on any atom is -0.468 e. The third-order valence-electron chi connectivity index (χ3n) is 2.05. The molecule has 1 fully saturated rings. The summed E-state index contributed by atoms with van der Waals surface area (Å²) in [6.07, 6.45) is 0.711. The van der Waals surface area contributed by atoms with Crippen LogP contribution in [0.4, 0.5) is 0 Å². The van der Waals surface area contributed by atoms with Crippen molar-refractivity contribution in [2.45, 2.75) is 18.5 Å². The molecule has 1 rings (SSSR count). The second-order valence-corrected chi connectivity index (χ2v) is 2.97. The van der Waals surface area contributed by atoms with Crippen molar-refractivity contribution < 1.29 is 9.53 Å². The smallest absolute Gasteiger partial charge is 0.323 e. The fraction of sp³-hybridized carbons (Fsp3) is 0.857. The van der Waals surface area contributed by atoms with Crippen molar-refractivity contribution in [1.82, 2.24) is 4.90 Å². The Morgan fingerprint density at radius 3 is 2.73 bits per heavy atom. The van der Waals surface area contributed by atoms with Gasteiger partial charge in [-0.2, -0.15) is 0 Å². The van der Waals surface area contributed by atoms with E-state index in [0.717, 1.165) is 6.54 Å². The normalized spacial score (nSPS) is 32.3. The Balaban J connectivity index is 2.52. The maximum Gasteiger partial charge on any atom is 0.323 e. The van der Waals surface area contributed by atoms with Crippen molar-refractivity contribution >= 4 is 5.97 Å². The van der Waals surface area contributed by atoms with Gasteiger partial charge in [0.15, 0.2) is 0 Å². The summed E-state index contributed by atoms with van der Waals surface area (Å²) in [7, 11) is 3.29. The van der Waals surface area contributed by atoms with Gasteiger partial charge in [0.1, 0.15) is 6.04 Å². The van der Waals surface area contributed by atoms with Crippen LogP contribution in [0.1, 0.15) is 6.42 Å². The molecule has 0 spiro atoms. The molecule has 1 saturated heterocycles. The number of hydrogen-bond donors (Lipinski definition) is 1. The van der Waals surface area contributed by atoms with Crippen LogP contribution in [0.2, 0.25) is 0 Å². The highest BCUT2D eigenvalue weighted by Gasteiger charge is 2.32. The Bertz CT molecular complexity index is 161. The van der Waals surface area contributed by atoms with Gasteiger partial charge in [-0.1, -0.05) is 0 Å². The van der Waals surface area contributed by atoms with Crippen LogP contribution in [-0.4, -0.2) is 43.7 Å². The van der Waals surface area contributed by atoms with Crippen LogP contribution in [0, 0.1) is 0 Å². The van der Waals surface area contributed by atoms with E-state index in [1.807, 2.05) is 11.9 Å². The molecule has 0 unspecified atom stereocenters. The highest BCUT2D eigenvalue weighted by atomic mass is 16.5. The van der Waals surface area contributed by atoms with E-state index in [4.69, 9.17) is 5.73 Å². The molecular formula is C7H14N2O2. The van der Waals surface area contributed by atoms with Crippen molar-refractivity contribution in [1.29, 1.82) is 0 Å². The third kappa shape index (κ3) is 1.70. The van der Waals surface area contributed by atoms with Crippen LogP contribution in [0.15, 0.2) is 0 Å². The Labute approximate surface area is 66.3 Å². The van der Waals surface area contributed by atoms with Crippen LogP contribution in [0.5, 0.6) is 0 Å². The zero-order valence-electron chi connectivity index (χ0n) is 6.91. The van der Waals surface area contributed by atoms with Gasteiger partial charge in [0, 0.05) is 12.6 Å². The van der Waals surface area contributed by atoms with E-state index in [1.54, 1.807) is 0 Å². The number of nitrogens with two attached hydrogens (primary N) is 1. The molecular weight excluding hydrogens is 144 g/mol. The third-order valence-corrected chi connectivity index (χ3v) is 2.05. The highest BCUT2D eigenvalue weighted by molar-refractivity contribution is 5.76. The Hall–Kier alpha value is -0.610. The summed E-state index contributed by atoms with van der Waals surface area (Å²) >= 11 is 0. The first kappa shape index (κ1) is 8.49. The quantitative estimate of drug-likeness (QED) is 0.507. The zero-order chi connectivity index (χ0) is 8.43. The molecule has 0 aromatic heterocycles. The number of nitrogens with zero attached hydrogens (tertiary/aromatic N) is 1. The molecule has 0 bridgehead atoms. The second kappa shape index (κ2) is 3.19. The first-order chi connectivity index (χ1) is 5.15. The molecule has 0 saturated carbocycles. The van der Waals surface area contributed by atoms with Gasteiger partial charge in [-0.3, -0.25) is 9.69 Å². The van der Waals surface area contributed by atoms with Gasteiger partial charge >= 0.3 is 5.97 Å². The number of hydrogen-bond acceptors (Lipinski definition) is 4. The van der Waals surface area contributed by atoms with E-state index >= 15 is 0 Å². The lowest BCUT2D eigenvalue weighted by Gasteiger charge is -2.15. The van der Waals surface area contributed by atoms with E-state index < -0.39 is 0 Å². The van der Waals surface area contributed by atoms with Crippen LogP contribution < -0.4 is 5.73 Å². The lowest BCUT2D eigenvalue weighted by atomic mass is 10.2. The Morgan fingerprint density at radius 2 is 2.36 bits per heavy atom. The monoisotopic (exact) mass is 158 g/mol. The molecule has 1 aliphatic heterocycles. The lowest BCUT2D eigenvalue weighted by Crippen LogP contribution is -2.33. The lowest BCUT2D eigenvalue weighted by molar-refractivity contribution is -0.145. The van der Waals surface area contributed by atoms with Crippen molar-refractivity contribution in [2.75, 3.05) is 20.7 Å². The summed E-state index contributed by atoms with van der Waals surface area (Å²) < 4.78 is 4.62. The highest BCUT2D eigenvalue weighted by Crippen LogP contribution is 2.14. The summed E-state index contributed by atoms with van der Waals surface area (Å²) in [5, 5.41) is 0. The number of carbonyl (C=O) groups is 1. The molecule has 11 heavy (non-hydrogen) atoms. The van der Waals surface area contributed by atoms with Gasteiger partial charge in [-0.25, -0.2) is 0 Å². The molecule has 64 valence electrons. The number of carbonyl (C=O) groups excluding carboxylic acids is 1. The fourth-order valence-corrected chi connectivity index (χ4v) is 1.45. The van der Waals surface area contributed by atoms with Crippen molar-refractivity contribution in [3.8, 4) is 0 Å². The standard InChI is InChI=1S/C7H14N2O2/c1-9-4-5(8)3-6(9)7(10)11-2/h5-6H,3-4,8H2,1-2H3/t5-,6+/m0/s1. The number of likely N-dealkylation sites (N-methyl/N-ethyl adjacent to an activating group) is 1. The van der Waals surface area contributed by atoms with E-state index in [2.05, 4.69) is 4.74 Å². The van der Waals surface area contributed by atoms with Gasteiger partial charge < -0.3 is 10.5 Å². The van der Waals surface area contributed by atoms with Crippen molar-refractivity contribution in [2.24, 2.45) is 5.73 Å². The van der Waals surface area contributed by atoms with E-state index in [9.17, 15) is 4.79 Å². The predicted octanol–water partition coefficient (Wildman–Crippen LogP) is -0.809. The van der Waals surface area contributed by atoms with Crippen molar-refractivity contribution in [3.05, 3.63) is 0 Å². The average molecular weight is 158 g/mol. The molecule has 0 aromatic rings. The van der Waals surface area contributed by atoms with Gasteiger partial charge in [0.25, 0.3) is 0 Å². The average Bonchev–Trinajstić information content (AvgIpc) is 2.28. The molecule has 1 heterocycles. The number of ether oxygens (including phenoxy) is 1. The molecule has 4 heteroatoms. The number of rotatable bonds is 1. The van der Waals surface area contributed by atoms with E-state index in [-0.39, 0.29) is 18.1 Å². The maximum atomic E-state index is 11.1. The fourth-order valence-electron chi connectivity index (χ4n) is 1.45. The van der Waals surface area contributed by atoms with E-state index in [1.165, 1.54) is 7.11 Å². The van der Waals surface area contributed by atoms with Gasteiger partial charge in [0.2, 0.25) is 0 Å². The molecule has 0 amide bonds. The van der Waals surface area contributed by atoms with Crippen LogP contribution in [0.3, 0.4) is 0 Å². The van der Waals surface area contributed by atoms with Gasteiger partial charge in [-0.15, -0.1) is 0 Å². The maximum absolute atomic E-state index is 11.1. The first-order valence-corrected chi connectivity index (χ1v) is 3.68. The number of likely N-dealkylation sites (tertiary alicyclic amines) is 1. The molecule has 2 atom stereocenters. The molecule has 1 aliphatic rings. The Morgan fingerprint density at radius 1 is 1.73 bits per heavy atom. The van der Waals surface area contributed by atoms with Gasteiger partial charge in [0.05, 0.1) is 7.11 Å². The summed E-state index contributed by atoms with van der Waals surface area (Å²) in [4.78, 5) is 13.0. The second-order valence-electron chi connectivity index (χ2n) is 2.97. The molecule has 0 aromatic carbocycles. The summed E-state index contributed by atoms with van der Waals surface area (Å²) in [5.41, 5.74) is 5.66. The number of esters is 1. The van der Waals surface area contributed by atoms with Crippen LogP contribution in [0.25, 0.3) is 0 Å². The zero-order valence-corrected chi connectivity index (χ0v) is 6.91. The summed E-state index contributed by atoms with van der Waals surface area (Å²) in [6, 6.07) is -0.0147. The predicted molar refractivity (Wildman–Crippen MR) is 41.0 cm³/mol. The summed E-state index contributed by atoms with van der Waals surface area (Å²) in [5.74, 6) is -0.180. The Kier molecular flexibility index (Phi) is 2.46. The van der Waals surface area contributed by atoms with Crippen LogP contribution in [-0.2, 0) is 9.53 Å². The SMILES string of the molecule is COC(=O)[C@H]1C[C@H](N)CN1C. The minimum absolute atomic E-state index is 0.115. The molecule has 2 N–H and O–H groups in total. The minimum atomic E-state index is -0.180. The van der Waals surface area contributed by atoms with E-state index in [0.29, 0.717) is 6.42 Å². The summed E-state index contributed by atoms with van der Waals surface area (Å²) in [6.45, 7) is 0.778. The van der Waals surface area contributed by atoms with Crippen molar-refractivity contribution in [3.63, 3.8) is 0 Å². The van der Waals surface area contributed by atoms with Crippen LogP contribution >= 0.6 is 0 Å². The van der Waals surface area contributed by atoms with Gasteiger partial charge in [-0.05, 0) is 13.5 Å². The molecule has 0 aliphatic carbocycles.